The first kappa shape index (κ1) is 14.1. The van der Waals surface area contributed by atoms with Gasteiger partial charge >= 0.3 is 0 Å². The summed E-state index contributed by atoms with van der Waals surface area (Å²) in [6.45, 7) is 6.30. The minimum atomic E-state index is -0.368. The standard InChI is InChI=1S/C15H18N4OS/c1-9(2)21-14-17-11-5-4-10(6-12(11)18-14)15(3)7-13(20)19-16-8-15/h4-6,8-9H,7H2,1-3H3,(H,17,18)(H,19,20). The van der Waals surface area contributed by atoms with Crippen LogP contribution in [-0.2, 0) is 10.2 Å². The molecule has 2 heterocycles. The highest BCUT2D eigenvalue weighted by Crippen LogP contribution is 2.30. The maximum absolute atomic E-state index is 11.6. The SMILES string of the molecule is CC(C)Sc1nc2ccc(C3(C)C=NNC(=O)C3)cc2[nH]1. The molecule has 0 radical (unpaired) electrons. The Morgan fingerprint density at radius 1 is 1.38 bits per heavy atom. The van der Waals surface area contributed by atoms with E-state index < -0.39 is 0 Å². The largest absolute Gasteiger partial charge is 0.333 e. The second kappa shape index (κ2) is 5.18. The van der Waals surface area contributed by atoms with E-state index in [4.69, 9.17) is 0 Å². The predicted molar refractivity (Wildman–Crippen MR) is 85.7 cm³/mol. The molecule has 1 aromatic heterocycles. The molecule has 6 heteroatoms. The van der Waals surface area contributed by atoms with Crippen molar-refractivity contribution >= 4 is 34.9 Å². The van der Waals surface area contributed by atoms with E-state index in [1.807, 2.05) is 19.1 Å². The van der Waals surface area contributed by atoms with Crippen molar-refractivity contribution in [2.24, 2.45) is 5.10 Å². The van der Waals surface area contributed by atoms with Crippen LogP contribution in [0.25, 0.3) is 11.0 Å². The molecule has 1 aliphatic rings. The zero-order valence-electron chi connectivity index (χ0n) is 12.3. The smallest absolute Gasteiger partial charge is 0.241 e. The molecule has 21 heavy (non-hydrogen) atoms. The number of hydrogen-bond donors (Lipinski definition) is 2. The van der Waals surface area contributed by atoms with Gasteiger partial charge in [0.25, 0.3) is 0 Å². The molecule has 1 atom stereocenters. The van der Waals surface area contributed by atoms with Gasteiger partial charge in [-0.1, -0.05) is 31.7 Å². The number of aromatic amines is 1. The van der Waals surface area contributed by atoms with Crippen LogP contribution in [0.3, 0.4) is 0 Å². The minimum absolute atomic E-state index is 0.0549. The topological polar surface area (TPSA) is 70.1 Å². The van der Waals surface area contributed by atoms with Crippen LogP contribution in [-0.4, -0.2) is 27.3 Å². The van der Waals surface area contributed by atoms with Crippen molar-refractivity contribution in [1.82, 2.24) is 15.4 Å². The molecule has 2 aromatic rings. The zero-order valence-corrected chi connectivity index (χ0v) is 13.1. The Morgan fingerprint density at radius 2 is 2.19 bits per heavy atom. The van der Waals surface area contributed by atoms with Crippen LogP contribution in [0.1, 0.15) is 32.8 Å². The lowest BCUT2D eigenvalue weighted by Gasteiger charge is -2.27. The maximum atomic E-state index is 11.6. The molecule has 0 fully saturated rings. The predicted octanol–water partition coefficient (Wildman–Crippen LogP) is 2.83. The van der Waals surface area contributed by atoms with Crippen LogP contribution in [0.4, 0.5) is 0 Å². The van der Waals surface area contributed by atoms with Crippen LogP contribution in [0, 0.1) is 0 Å². The molecule has 0 saturated heterocycles. The molecular formula is C15H18N4OS. The fourth-order valence-corrected chi connectivity index (χ4v) is 3.23. The highest BCUT2D eigenvalue weighted by molar-refractivity contribution is 7.99. The van der Waals surface area contributed by atoms with Crippen molar-refractivity contribution in [1.29, 1.82) is 0 Å². The van der Waals surface area contributed by atoms with Gasteiger partial charge in [0, 0.05) is 23.3 Å². The van der Waals surface area contributed by atoms with Gasteiger partial charge in [-0.25, -0.2) is 10.4 Å². The number of carbonyl (C=O) groups excluding carboxylic acids is 1. The number of nitrogens with zero attached hydrogens (tertiary/aromatic N) is 2. The van der Waals surface area contributed by atoms with Gasteiger partial charge in [0.05, 0.1) is 11.0 Å². The summed E-state index contributed by atoms with van der Waals surface area (Å²) in [5, 5.41) is 5.37. The molecule has 1 aliphatic heterocycles. The Balaban J connectivity index is 1.99. The van der Waals surface area contributed by atoms with Crippen molar-refractivity contribution in [3.63, 3.8) is 0 Å². The average molecular weight is 302 g/mol. The molecule has 5 nitrogen and oxygen atoms in total. The summed E-state index contributed by atoms with van der Waals surface area (Å²) >= 11 is 1.71. The number of carbonyl (C=O) groups is 1. The lowest BCUT2D eigenvalue weighted by Crippen LogP contribution is -2.37. The van der Waals surface area contributed by atoms with Gasteiger partial charge in [-0.3, -0.25) is 4.79 Å². The van der Waals surface area contributed by atoms with Gasteiger partial charge in [-0.05, 0) is 24.6 Å². The van der Waals surface area contributed by atoms with Crippen LogP contribution < -0.4 is 5.43 Å². The molecule has 0 aliphatic carbocycles. The number of fused-ring (bicyclic) bond motifs is 1. The number of aromatic nitrogens is 2. The van der Waals surface area contributed by atoms with E-state index in [0.29, 0.717) is 11.7 Å². The van der Waals surface area contributed by atoms with Crippen molar-refractivity contribution < 1.29 is 4.79 Å². The molecule has 1 aromatic carbocycles. The first-order valence-corrected chi connectivity index (χ1v) is 7.84. The average Bonchev–Trinajstić information content (AvgIpc) is 2.78. The third kappa shape index (κ3) is 2.81. The molecule has 1 amide bonds. The van der Waals surface area contributed by atoms with Gasteiger partial charge < -0.3 is 4.98 Å². The molecule has 2 N–H and O–H groups in total. The summed E-state index contributed by atoms with van der Waals surface area (Å²) in [5.41, 5.74) is 5.12. The summed E-state index contributed by atoms with van der Waals surface area (Å²) in [5.74, 6) is -0.0549. The minimum Gasteiger partial charge on any atom is -0.333 e. The number of nitrogens with one attached hydrogen (secondary N) is 2. The van der Waals surface area contributed by atoms with Crippen LogP contribution >= 0.6 is 11.8 Å². The molecule has 0 spiro atoms. The molecule has 0 bridgehead atoms. The third-order valence-corrected chi connectivity index (χ3v) is 4.42. The Hall–Kier alpha value is -1.82. The van der Waals surface area contributed by atoms with Crippen LogP contribution in [0.2, 0.25) is 0 Å². The van der Waals surface area contributed by atoms with E-state index in [1.165, 1.54) is 0 Å². The lowest BCUT2D eigenvalue weighted by molar-refractivity contribution is -0.122. The number of H-pyrrole nitrogens is 1. The molecule has 110 valence electrons. The van der Waals surface area contributed by atoms with Crippen LogP contribution in [0.5, 0.6) is 0 Å². The summed E-state index contributed by atoms with van der Waals surface area (Å²) < 4.78 is 0. The maximum Gasteiger partial charge on any atom is 0.241 e. The first-order valence-electron chi connectivity index (χ1n) is 6.96. The Labute approximate surface area is 127 Å². The van der Waals surface area contributed by atoms with Gasteiger partial charge in [-0.2, -0.15) is 5.10 Å². The van der Waals surface area contributed by atoms with Gasteiger partial charge in [0.1, 0.15) is 0 Å². The molecule has 3 rings (SSSR count). The monoisotopic (exact) mass is 302 g/mol. The fraction of sp³-hybridized carbons (Fsp3) is 0.400. The number of thioether (sulfide) groups is 1. The van der Waals surface area contributed by atoms with E-state index in [-0.39, 0.29) is 11.3 Å². The summed E-state index contributed by atoms with van der Waals surface area (Å²) in [7, 11) is 0. The van der Waals surface area contributed by atoms with Crippen molar-refractivity contribution in [2.45, 2.75) is 43.0 Å². The van der Waals surface area contributed by atoms with E-state index in [1.54, 1.807) is 18.0 Å². The zero-order chi connectivity index (χ0) is 15.0. The van der Waals surface area contributed by atoms with E-state index in [0.717, 1.165) is 21.8 Å². The molecule has 1 unspecified atom stereocenters. The van der Waals surface area contributed by atoms with Gasteiger partial charge in [0.15, 0.2) is 5.16 Å². The second-order valence-electron chi connectivity index (χ2n) is 5.83. The number of benzene rings is 1. The Bertz CT molecular complexity index is 722. The lowest BCUT2D eigenvalue weighted by atomic mass is 9.79. The van der Waals surface area contributed by atoms with Gasteiger partial charge in [-0.15, -0.1) is 0 Å². The van der Waals surface area contributed by atoms with E-state index in [2.05, 4.69) is 40.4 Å². The fourth-order valence-electron chi connectivity index (χ4n) is 2.46. The number of hydrazone groups is 1. The quantitative estimate of drug-likeness (QED) is 0.857. The van der Waals surface area contributed by atoms with Gasteiger partial charge in [0.2, 0.25) is 5.91 Å². The normalized spacial score (nSPS) is 22.0. The van der Waals surface area contributed by atoms with Crippen molar-refractivity contribution in [2.75, 3.05) is 0 Å². The Kier molecular flexibility index (Phi) is 3.49. The Morgan fingerprint density at radius 3 is 2.90 bits per heavy atom. The second-order valence-corrected chi connectivity index (χ2v) is 7.39. The third-order valence-electron chi connectivity index (χ3n) is 3.53. The van der Waals surface area contributed by atoms with Crippen LogP contribution in [0.15, 0.2) is 28.5 Å². The van der Waals surface area contributed by atoms with Crippen molar-refractivity contribution in [3.05, 3.63) is 23.8 Å². The summed E-state index contributed by atoms with van der Waals surface area (Å²) in [4.78, 5) is 19.5. The molecular weight excluding hydrogens is 284 g/mol. The number of amides is 1. The van der Waals surface area contributed by atoms with E-state index >= 15 is 0 Å². The number of imidazole rings is 1. The summed E-state index contributed by atoms with van der Waals surface area (Å²) in [6, 6.07) is 6.09. The number of rotatable bonds is 3. The first-order chi connectivity index (χ1) is 9.96. The highest BCUT2D eigenvalue weighted by atomic mass is 32.2. The summed E-state index contributed by atoms with van der Waals surface area (Å²) in [6.07, 6.45) is 2.21. The van der Waals surface area contributed by atoms with E-state index in [9.17, 15) is 4.79 Å². The number of hydrogen-bond acceptors (Lipinski definition) is 4. The molecule has 0 saturated carbocycles. The van der Waals surface area contributed by atoms with Crippen molar-refractivity contribution in [3.8, 4) is 0 Å². The highest BCUT2D eigenvalue weighted by Gasteiger charge is 2.31.